The fraction of sp³-hybridized carbons (Fsp3) is 0.296. The van der Waals surface area contributed by atoms with Crippen molar-refractivity contribution in [2.75, 3.05) is 13.2 Å². The summed E-state index contributed by atoms with van der Waals surface area (Å²) in [4.78, 5) is 21.5. The van der Waals surface area contributed by atoms with Gasteiger partial charge < -0.3 is 19.6 Å². The molecule has 2 aromatic carbocycles. The van der Waals surface area contributed by atoms with Gasteiger partial charge in [0.1, 0.15) is 40.9 Å². The summed E-state index contributed by atoms with van der Waals surface area (Å²) in [6, 6.07) is 11.0. The zero-order chi connectivity index (χ0) is 26.7. The normalized spacial score (nSPS) is 18.6. The van der Waals surface area contributed by atoms with Gasteiger partial charge in [-0.2, -0.15) is 13.2 Å². The molecule has 0 saturated heterocycles. The molecule has 38 heavy (non-hydrogen) atoms. The number of aliphatic hydroxyl groups is 1. The third kappa shape index (κ3) is 4.26. The Labute approximate surface area is 213 Å². The van der Waals surface area contributed by atoms with Crippen LogP contribution in [-0.2, 0) is 5.60 Å². The van der Waals surface area contributed by atoms with Crippen LogP contribution in [0.3, 0.4) is 0 Å². The zero-order valence-electron chi connectivity index (χ0n) is 19.8. The van der Waals surface area contributed by atoms with Crippen LogP contribution in [0.2, 0.25) is 0 Å². The Morgan fingerprint density at radius 3 is 2.58 bits per heavy atom. The van der Waals surface area contributed by atoms with E-state index >= 15 is 0 Å². The van der Waals surface area contributed by atoms with Crippen LogP contribution in [0, 0.1) is 11.7 Å². The lowest BCUT2D eigenvalue weighted by molar-refractivity contribution is -0.151. The molecule has 0 bridgehead atoms. The summed E-state index contributed by atoms with van der Waals surface area (Å²) >= 11 is 0. The van der Waals surface area contributed by atoms with Crippen molar-refractivity contribution in [1.29, 1.82) is 0 Å². The van der Waals surface area contributed by atoms with Crippen LogP contribution in [0.5, 0.6) is 5.75 Å². The van der Waals surface area contributed by atoms with E-state index in [0.29, 0.717) is 29.5 Å². The van der Waals surface area contributed by atoms with Gasteiger partial charge in [0.25, 0.3) is 5.91 Å². The van der Waals surface area contributed by atoms with E-state index in [1.165, 1.54) is 42.8 Å². The molecule has 7 nitrogen and oxygen atoms in total. The fourth-order valence-corrected chi connectivity index (χ4v) is 4.83. The number of aromatic nitrogens is 2. The molecule has 1 amide bonds. The first-order chi connectivity index (χ1) is 18.1. The molecule has 6 rings (SSSR count). The molecular formula is C27H21F4N3O4. The summed E-state index contributed by atoms with van der Waals surface area (Å²) in [5.74, 6) is -3.30. The highest BCUT2D eigenvalue weighted by Crippen LogP contribution is 2.51. The summed E-state index contributed by atoms with van der Waals surface area (Å²) in [6.45, 7) is -0.905. The molecule has 1 aliphatic carbocycles. The van der Waals surface area contributed by atoms with Gasteiger partial charge in [0.2, 0.25) is 0 Å². The van der Waals surface area contributed by atoms with E-state index in [9.17, 15) is 27.5 Å². The monoisotopic (exact) mass is 527 g/mol. The SMILES string of the molecule is O=C(NC[C@](O)(c1cc2c(c(-c3ccc(F)cc3)n1)OC[C@H]2C(F)(F)F)C1CC1)c1ccc2ncoc2c1. The Balaban J connectivity index is 1.38. The first-order valence-corrected chi connectivity index (χ1v) is 12.0. The predicted molar refractivity (Wildman–Crippen MR) is 127 cm³/mol. The van der Waals surface area contributed by atoms with Gasteiger partial charge in [-0.15, -0.1) is 0 Å². The van der Waals surface area contributed by atoms with Crippen molar-refractivity contribution in [3.63, 3.8) is 0 Å². The topological polar surface area (TPSA) is 97.5 Å². The number of halogens is 4. The van der Waals surface area contributed by atoms with Gasteiger partial charge in [0.05, 0.1) is 12.2 Å². The van der Waals surface area contributed by atoms with Crippen LogP contribution in [0.15, 0.2) is 59.3 Å². The molecule has 1 fully saturated rings. The van der Waals surface area contributed by atoms with Crippen molar-refractivity contribution in [3.8, 4) is 17.0 Å². The molecule has 1 aliphatic heterocycles. The molecule has 4 aromatic rings. The minimum Gasteiger partial charge on any atom is -0.490 e. The predicted octanol–water partition coefficient (Wildman–Crippen LogP) is 5.09. The van der Waals surface area contributed by atoms with Crippen LogP contribution >= 0.6 is 0 Å². The molecule has 196 valence electrons. The molecule has 1 saturated carbocycles. The largest absolute Gasteiger partial charge is 0.490 e. The average Bonchev–Trinajstić information content (AvgIpc) is 3.49. The summed E-state index contributed by atoms with van der Waals surface area (Å²) in [5.41, 5.74) is -0.223. The minimum atomic E-state index is -4.59. The van der Waals surface area contributed by atoms with Crippen molar-refractivity contribution in [2.24, 2.45) is 5.92 Å². The second kappa shape index (κ2) is 8.80. The van der Waals surface area contributed by atoms with Gasteiger partial charge in [-0.25, -0.2) is 14.4 Å². The van der Waals surface area contributed by atoms with Gasteiger partial charge in [0.15, 0.2) is 12.0 Å². The van der Waals surface area contributed by atoms with E-state index in [0.717, 1.165) is 0 Å². The van der Waals surface area contributed by atoms with Gasteiger partial charge in [-0.3, -0.25) is 4.79 Å². The highest BCUT2D eigenvalue weighted by atomic mass is 19.4. The van der Waals surface area contributed by atoms with Gasteiger partial charge in [-0.05, 0) is 67.3 Å². The van der Waals surface area contributed by atoms with Gasteiger partial charge in [-0.1, -0.05) is 0 Å². The van der Waals surface area contributed by atoms with Crippen LogP contribution in [0.4, 0.5) is 17.6 Å². The molecule has 2 aliphatic rings. The molecule has 2 aromatic heterocycles. The summed E-state index contributed by atoms with van der Waals surface area (Å²) in [7, 11) is 0. The number of alkyl halides is 3. The number of nitrogens with zero attached hydrogens (tertiary/aromatic N) is 2. The third-order valence-electron chi connectivity index (χ3n) is 7.09. The van der Waals surface area contributed by atoms with Crippen molar-refractivity contribution in [1.82, 2.24) is 15.3 Å². The highest BCUT2D eigenvalue weighted by Gasteiger charge is 2.51. The maximum absolute atomic E-state index is 13.9. The van der Waals surface area contributed by atoms with Crippen LogP contribution in [-0.4, -0.2) is 40.3 Å². The van der Waals surface area contributed by atoms with E-state index in [-0.39, 0.29) is 40.7 Å². The Morgan fingerprint density at radius 1 is 1.11 bits per heavy atom. The molecule has 11 heteroatoms. The average molecular weight is 527 g/mol. The number of benzene rings is 2. The maximum Gasteiger partial charge on any atom is 0.399 e. The molecule has 0 spiro atoms. The van der Waals surface area contributed by atoms with Gasteiger partial charge >= 0.3 is 6.18 Å². The number of carbonyl (C=O) groups is 1. The number of pyridine rings is 1. The number of hydrogen-bond acceptors (Lipinski definition) is 6. The van der Waals surface area contributed by atoms with Crippen molar-refractivity contribution in [2.45, 2.75) is 30.5 Å². The van der Waals surface area contributed by atoms with Crippen molar-refractivity contribution < 1.29 is 36.6 Å². The molecule has 2 atom stereocenters. The maximum atomic E-state index is 13.9. The Hall–Kier alpha value is -3.99. The number of fused-ring (bicyclic) bond motifs is 2. The molecule has 3 heterocycles. The zero-order valence-corrected chi connectivity index (χ0v) is 19.8. The second-order valence-electron chi connectivity index (χ2n) is 9.60. The lowest BCUT2D eigenvalue weighted by atomic mass is 9.88. The number of rotatable bonds is 6. The van der Waals surface area contributed by atoms with Crippen LogP contribution in [0.25, 0.3) is 22.4 Å². The highest BCUT2D eigenvalue weighted by molar-refractivity contribution is 5.97. The third-order valence-corrected chi connectivity index (χ3v) is 7.09. The number of amides is 1. The van der Waals surface area contributed by atoms with E-state index < -0.39 is 36.0 Å². The second-order valence-corrected chi connectivity index (χ2v) is 9.60. The first-order valence-electron chi connectivity index (χ1n) is 12.0. The Morgan fingerprint density at radius 2 is 1.87 bits per heavy atom. The molecule has 2 N–H and O–H groups in total. The molecule has 0 unspecified atom stereocenters. The fourth-order valence-electron chi connectivity index (χ4n) is 4.83. The van der Waals surface area contributed by atoms with Crippen molar-refractivity contribution in [3.05, 3.63) is 77.6 Å². The smallest absolute Gasteiger partial charge is 0.399 e. The molecular weight excluding hydrogens is 506 g/mol. The van der Waals surface area contributed by atoms with Crippen LogP contribution < -0.4 is 10.1 Å². The number of nitrogens with one attached hydrogen (secondary N) is 1. The lowest BCUT2D eigenvalue weighted by Crippen LogP contribution is -2.43. The summed E-state index contributed by atoms with van der Waals surface area (Å²) in [5, 5.41) is 14.5. The Bertz CT molecular complexity index is 1530. The van der Waals surface area contributed by atoms with Crippen molar-refractivity contribution >= 4 is 17.0 Å². The minimum absolute atomic E-state index is 0.0104. The number of hydrogen-bond donors (Lipinski definition) is 2. The number of oxazole rings is 1. The summed E-state index contributed by atoms with van der Waals surface area (Å²) < 4.78 is 65.9. The first kappa shape index (κ1) is 24.4. The number of carbonyl (C=O) groups excluding carboxylic acids is 1. The van der Waals surface area contributed by atoms with E-state index in [4.69, 9.17) is 9.15 Å². The standard InChI is InChI=1S/C27H21F4N3O4/c28-17-6-1-14(2-7-17)23-24-18(19(11-37-24)27(29,30)31)10-22(34-23)26(36,16-4-5-16)12-32-25(35)15-3-8-20-21(9-15)38-13-33-20/h1-3,6-10,13,16,19,36H,4-5,11-12H2,(H,32,35)/t19-,26-/m1/s1. The quantitative estimate of drug-likeness (QED) is 0.339. The van der Waals surface area contributed by atoms with Crippen LogP contribution in [0.1, 0.15) is 40.4 Å². The van der Waals surface area contributed by atoms with E-state index in [1.54, 1.807) is 12.1 Å². The van der Waals surface area contributed by atoms with E-state index in [2.05, 4.69) is 15.3 Å². The lowest BCUT2D eigenvalue weighted by Gasteiger charge is -2.29. The number of ether oxygens (including phenoxy) is 1. The molecule has 0 radical (unpaired) electrons. The van der Waals surface area contributed by atoms with E-state index in [1.807, 2.05) is 0 Å². The summed E-state index contributed by atoms with van der Waals surface area (Å²) in [6.07, 6.45) is -2.11. The Kier molecular flexibility index (Phi) is 5.64. The van der Waals surface area contributed by atoms with Gasteiger partial charge in [0, 0.05) is 16.7 Å².